The van der Waals surface area contributed by atoms with Crippen LogP contribution in [0.25, 0.3) is 0 Å². The minimum Gasteiger partial charge on any atom is -0.467 e. The third-order valence-electron chi connectivity index (χ3n) is 3.42. The first-order valence-corrected chi connectivity index (χ1v) is 7.99. The summed E-state index contributed by atoms with van der Waals surface area (Å²) in [5.74, 6) is -0.859. The molecule has 0 aliphatic carbocycles. The van der Waals surface area contributed by atoms with Gasteiger partial charge in [-0.05, 0) is 26.7 Å². The van der Waals surface area contributed by atoms with Crippen LogP contribution in [-0.4, -0.2) is 56.6 Å². The Morgan fingerprint density at radius 3 is 2.09 bits per heavy atom. The molecule has 1 unspecified atom stereocenters. The molecule has 0 saturated carbocycles. The van der Waals surface area contributed by atoms with E-state index in [9.17, 15) is 14.4 Å². The zero-order chi connectivity index (χ0) is 18.2. The Balaban J connectivity index is 4.50. The lowest BCUT2D eigenvalue weighted by Crippen LogP contribution is -3.11. The fraction of sp³-hybridized carbons (Fsp3) is 0.812. The molecule has 0 heterocycles. The van der Waals surface area contributed by atoms with Crippen molar-refractivity contribution in [3.63, 3.8) is 0 Å². The molecule has 7 nitrogen and oxygen atoms in total. The van der Waals surface area contributed by atoms with Crippen LogP contribution in [0.4, 0.5) is 0 Å². The summed E-state index contributed by atoms with van der Waals surface area (Å²) < 4.78 is 4.74. The number of nitrogens with one attached hydrogen (secondary N) is 3. The average Bonchev–Trinajstić information content (AvgIpc) is 2.40. The number of amides is 2. The van der Waals surface area contributed by atoms with Gasteiger partial charge in [-0.2, -0.15) is 0 Å². The first-order chi connectivity index (χ1) is 10.5. The van der Waals surface area contributed by atoms with Gasteiger partial charge in [-0.3, -0.25) is 9.59 Å². The average molecular weight is 330 g/mol. The minimum atomic E-state index is -0.659. The Hall–Kier alpha value is -1.63. The van der Waals surface area contributed by atoms with Gasteiger partial charge in [0, 0.05) is 5.54 Å². The van der Waals surface area contributed by atoms with Crippen molar-refractivity contribution in [2.24, 2.45) is 5.92 Å². The molecule has 7 heteroatoms. The van der Waals surface area contributed by atoms with Gasteiger partial charge in [0.05, 0.1) is 14.2 Å². The second kappa shape index (κ2) is 9.50. The zero-order valence-corrected chi connectivity index (χ0v) is 15.4. The molecule has 3 N–H and O–H groups in total. The van der Waals surface area contributed by atoms with E-state index >= 15 is 0 Å². The molecule has 0 aromatic rings. The van der Waals surface area contributed by atoms with Gasteiger partial charge >= 0.3 is 5.97 Å². The maximum Gasteiger partial charge on any atom is 0.328 e. The molecule has 0 rings (SSSR count). The number of methoxy groups -OCH3 is 1. The third kappa shape index (κ3) is 9.18. The third-order valence-corrected chi connectivity index (χ3v) is 3.42. The highest BCUT2D eigenvalue weighted by Crippen LogP contribution is 2.08. The van der Waals surface area contributed by atoms with E-state index in [-0.39, 0.29) is 36.4 Å². The molecule has 0 radical (unpaired) electrons. The summed E-state index contributed by atoms with van der Waals surface area (Å²) >= 11 is 0. The number of quaternary nitrogens is 1. The van der Waals surface area contributed by atoms with Crippen LogP contribution in [0.3, 0.4) is 0 Å². The van der Waals surface area contributed by atoms with Crippen LogP contribution >= 0.6 is 0 Å². The Morgan fingerprint density at radius 2 is 1.65 bits per heavy atom. The monoisotopic (exact) mass is 330 g/mol. The van der Waals surface area contributed by atoms with Crippen LogP contribution in [0.15, 0.2) is 0 Å². The highest BCUT2D eigenvalue weighted by Gasteiger charge is 2.28. The predicted molar refractivity (Wildman–Crippen MR) is 87.9 cm³/mol. The number of hydrogen-bond acceptors (Lipinski definition) is 4. The number of esters is 1. The van der Waals surface area contributed by atoms with Crippen molar-refractivity contribution in [1.82, 2.24) is 10.6 Å². The summed E-state index contributed by atoms with van der Waals surface area (Å²) in [4.78, 5) is 36.5. The lowest BCUT2D eigenvalue weighted by atomic mass is 9.99. The number of carbonyl (C=O) groups excluding carboxylic acids is 3. The molecule has 0 bridgehead atoms. The summed E-state index contributed by atoms with van der Waals surface area (Å²) in [5, 5.41) is 5.56. The predicted octanol–water partition coefficient (Wildman–Crippen LogP) is -0.880. The fourth-order valence-electron chi connectivity index (χ4n) is 2.09. The molecule has 0 aromatic carbocycles. The van der Waals surface area contributed by atoms with Crippen molar-refractivity contribution >= 4 is 17.8 Å². The summed E-state index contributed by atoms with van der Waals surface area (Å²) in [7, 11) is 3.07. The van der Waals surface area contributed by atoms with Crippen molar-refractivity contribution in [2.45, 2.75) is 52.6 Å². The molecule has 3 atom stereocenters. The lowest BCUT2D eigenvalue weighted by Gasteiger charge is -2.23. The Labute approximate surface area is 139 Å². The van der Waals surface area contributed by atoms with E-state index in [0.29, 0.717) is 0 Å². The summed E-state index contributed by atoms with van der Waals surface area (Å²) in [6.07, 6.45) is 0.747. The molecule has 0 fully saturated rings. The van der Waals surface area contributed by atoms with Crippen molar-refractivity contribution in [3.05, 3.63) is 0 Å². The van der Waals surface area contributed by atoms with Gasteiger partial charge in [0.15, 0.2) is 13.1 Å². The Morgan fingerprint density at radius 1 is 1.13 bits per heavy atom. The van der Waals surface area contributed by atoms with Crippen LogP contribution < -0.4 is 15.5 Å². The molecule has 134 valence electrons. The quantitative estimate of drug-likeness (QED) is 0.504. The summed E-state index contributed by atoms with van der Waals surface area (Å²) in [6, 6.07) is -0.659. The van der Waals surface area contributed by atoms with Crippen molar-refractivity contribution in [2.75, 3.05) is 27.2 Å². The number of rotatable bonds is 8. The van der Waals surface area contributed by atoms with Gasteiger partial charge < -0.3 is 20.3 Å². The first kappa shape index (κ1) is 21.4. The summed E-state index contributed by atoms with van der Waals surface area (Å²) in [6.45, 7) is 9.84. The van der Waals surface area contributed by atoms with Crippen molar-refractivity contribution in [1.29, 1.82) is 0 Å². The second-order valence-corrected chi connectivity index (χ2v) is 7.06. The number of hydrogen-bond donors (Lipinski definition) is 3. The lowest BCUT2D eigenvalue weighted by molar-refractivity contribution is -0.862. The van der Waals surface area contributed by atoms with Gasteiger partial charge in [0.25, 0.3) is 11.8 Å². The topological polar surface area (TPSA) is 88.9 Å². The van der Waals surface area contributed by atoms with E-state index in [0.717, 1.165) is 11.3 Å². The van der Waals surface area contributed by atoms with Gasteiger partial charge in [0.1, 0.15) is 6.04 Å². The van der Waals surface area contributed by atoms with E-state index in [1.54, 1.807) is 7.05 Å². The molecular formula is C16H32N3O4+. The van der Waals surface area contributed by atoms with E-state index in [2.05, 4.69) is 10.6 Å². The van der Waals surface area contributed by atoms with Crippen LogP contribution in [-0.2, 0) is 19.1 Å². The number of carbonyl (C=O) groups is 3. The fourth-order valence-corrected chi connectivity index (χ4v) is 2.09. The molecular weight excluding hydrogens is 298 g/mol. The van der Waals surface area contributed by atoms with Crippen LogP contribution in [0.2, 0.25) is 0 Å². The largest absolute Gasteiger partial charge is 0.467 e. The molecule has 0 aliphatic rings. The maximum absolute atomic E-state index is 12.1. The Kier molecular flexibility index (Phi) is 8.82. The van der Waals surface area contributed by atoms with Gasteiger partial charge in [0.2, 0.25) is 0 Å². The van der Waals surface area contributed by atoms with Crippen LogP contribution in [0.5, 0.6) is 0 Å². The molecule has 0 aliphatic heterocycles. The second-order valence-electron chi connectivity index (χ2n) is 7.06. The SMILES string of the molecule is CC[C@@H](C)[C@@H](NC(=O)C[NH+](C)CC(=O)NC(C)(C)C)C(=O)OC. The minimum absolute atomic E-state index is 0.0177. The molecule has 0 spiro atoms. The zero-order valence-electron chi connectivity index (χ0n) is 15.4. The number of ether oxygens (including phenoxy) is 1. The van der Waals surface area contributed by atoms with Crippen molar-refractivity contribution < 1.29 is 24.0 Å². The Bertz CT molecular complexity index is 418. The van der Waals surface area contributed by atoms with Gasteiger partial charge in [-0.15, -0.1) is 0 Å². The van der Waals surface area contributed by atoms with E-state index in [1.165, 1.54) is 7.11 Å². The standard InChI is InChI=1S/C16H31N3O4/c1-8-11(2)14(15(22)23-7)17-12(20)9-19(6)10-13(21)18-16(3,4)5/h11,14H,8-10H2,1-7H3,(H,17,20)(H,18,21)/p+1/t11-,14-/m1/s1. The van der Waals surface area contributed by atoms with Gasteiger partial charge in [-0.25, -0.2) is 4.79 Å². The van der Waals surface area contributed by atoms with Crippen molar-refractivity contribution in [3.8, 4) is 0 Å². The van der Waals surface area contributed by atoms with Gasteiger partial charge in [-0.1, -0.05) is 20.3 Å². The van der Waals surface area contributed by atoms with E-state index in [1.807, 2.05) is 34.6 Å². The molecule has 0 aromatic heterocycles. The van der Waals surface area contributed by atoms with Crippen LogP contribution in [0.1, 0.15) is 41.0 Å². The van der Waals surface area contributed by atoms with E-state index < -0.39 is 12.0 Å². The normalized spacial score (nSPS) is 15.3. The number of likely N-dealkylation sites (N-methyl/N-ethyl adjacent to an activating group) is 1. The first-order valence-electron chi connectivity index (χ1n) is 7.99. The van der Waals surface area contributed by atoms with Crippen LogP contribution in [0, 0.1) is 5.92 Å². The maximum atomic E-state index is 12.1. The highest BCUT2D eigenvalue weighted by molar-refractivity contribution is 5.85. The molecule has 0 saturated heterocycles. The molecule has 2 amide bonds. The summed E-state index contributed by atoms with van der Waals surface area (Å²) in [5.41, 5.74) is -0.299. The molecule has 23 heavy (non-hydrogen) atoms. The smallest absolute Gasteiger partial charge is 0.328 e. The highest BCUT2D eigenvalue weighted by atomic mass is 16.5. The van der Waals surface area contributed by atoms with E-state index in [4.69, 9.17) is 4.74 Å².